The number of benzene rings is 2. The molecule has 0 saturated heterocycles. The highest BCUT2D eigenvalue weighted by molar-refractivity contribution is 6.29. The lowest BCUT2D eigenvalue weighted by Crippen LogP contribution is -2.04. The summed E-state index contributed by atoms with van der Waals surface area (Å²) >= 11 is 0. The van der Waals surface area contributed by atoms with E-state index in [1.54, 1.807) is 42.5 Å². The van der Waals surface area contributed by atoms with E-state index in [-0.39, 0.29) is 18.0 Å². The summed E-state index contributed by atoms with van der Waals surface area (Å²) < 4.78 is 0. The number of hydrogen-bond acceptors (Lipinski definition) is 3. The number of hydrogen-bond donors (Lipinski definition) is 2. The molecule has 0 aliphatic heterocycles. The van der Waals surface area contributed by atoms with E-state index in [2.05, 4.69) is 0 Å². The van der Waals surface area contributed by atoms with Crippen LogP contribution in [0.4, 0.5) is 0 Å². The second kappa shape index (κ2) is 6.52. The molecule has 2 aromatic carbocycles. The highest BCUT2D eigenvalue weighted by atomic mass is 16.4. The number of phenolic OH excluding ortho intramolecular Hbond substituents is 1. The van der Waals surface area contributed by atoms with Crippen molar-refractivity contribution in [3.63, 3.8) is 0 Å². The maximum atomic E-state index is 12.5. The molecule has 2 N–H and O–H groups in total. The lowest BCUT2D eigenvalue weighted by molar-refractivity contribution is -0.135. The summed E-state index contributed by atoms with van der Waals surface area (Å²) in [5.41, 5.74) is 1.37. The van der Waals surface area contributed by atoms with Crippen LogP contribution in [0.3, 0.4) is 0 Å². The van der Waals surface area contributed by atoms with Gasteiger partial charge in [-0.2, -0.15) is 0 Å². The molecule has 21 heavy (non-hydrogen) atoms. The first-order chi connectivity index (χ1) is 10.1. The zero-order valence-corrected chi connectivity index (χ0v) is 11.2. The molecule has 0 fully saturated rings. The fourth-order valence-electron chi connectivity index (χ4n) is 1.92. The first-order valence-electron chi connectivity index (χ1n) is 6.39. The van der Waals surface area contributed by atoms with Gasteiger partial charge >= 0.3 is 5.97 Å². The molecule has 2 aromatic rings. The topological polar surface area (TPSA) is 74.6 Å². The summed E-state index contributed by atoms with van der Waals surface area (Å²) in [7, 11) is 0. The first kappa shape index (κ1) is 14.5. The number of Topliss-reactive ketones (excluding diaryl/α,β-unsaturated/α-hetero) is 1. The maximum absolute atomic E-state index is 12.5. The molecular formula is C17H14O4. The first-order valence-corrected chi connectivity index (χ1v) is 6.39. The summed E-state index contributed by atoms with van der Waals surface area (Å²) in [5.74, 6) is -1.17. The Balaban J connectivity index is 2.41. The summed E-state index contributed by atoms with van der Waals surface area (Å²) in [6, 6.07) is 14.8. The molecule has 0 spiro atoms. The number of rotatable bonds is 5. The normalized spacial score (nSPS) is 11.1. The third-order valence-corrected chi connectivity index (χ3v) is 2.94. The van der Waals surface area contributed by atoms with Crippen LogP contribution in [0.2, 0.25) is 0 Å². The molecule has 0 atom stereocenters. The predicted octanol–water partition coefficient (Wildman–Crippen LogP) is 3.13. The van der Waals surface area contributed by atoms with Crippen molar-refractivity contribution in [2.45, 2.75) is 6.42 Å². The number of aliphatic carboxylic acids is 1. The molecule has 0 unspecified atom stereocenters. The highest BCUT2D eigenvalue weighted by Gasteiger charge is 2.14. The van der Waals surface area contributed by atoms with Crippen molar-refractivity contribution < 1.29 is 19.8 Å². The van der Waals surface area contributed by atoms with Crippen molar-refractivity contribution in [2.24, 2.45) is 0 Å². The van der Waals surface area contributed by atoms with Crippen molar-refractivity contribution in [3.05, 3.63) is 71.8 Å². The van der Waals surface area contributed by atoms with Crippen LogP contribution in [0, 0.1) is 0 Å². The van der Waals surface area contributed by atoms with Crippen LogP contribution >= 0.6 is 0 Å². The lowest BCUT2D eigenvalue weighted by atomic mass is 9.96. The number of carboxylic acids is 1. The van der Waals surface area contributed by atoms with E-state index in [1.807, 2.05) is 0 Å². The Morgan fingerprint density at radius 2 is 1.52 bits per heavy atom. The second-order valence-electron chi connectivity index (χ2n) is 4.46. The van der Waals surface area contributed by atoms with Crippen LogP contribution in [0.5, 0.6) is 5.75 Å². The Hall–Kier alpha value is -2.88. The standard InChI is InChI=1S/C17H14O4/c18-14-8-6-12(7-9-14)15(10-11-16(19)20)17(21)13-4-2-1-3-5-13/h1-10,18H,11H2,(H,19,20)/b15-10+. The zero-order chi connectivity index (χ0) is 15.2. The van der Waals surface area contributed by atoms with E-state index in [0.29, 0.717) is 16.7 Å². The monoisotopic (exact) mass is 282 g/mol. The van der Waals surface area contributed by atoms with Gasteiger partial charge in [0.05, 0.1) is 6.42 Å². The smallest absolute Gasteiger partial charge is 0.307 e. The number of carbonyl (C=O) groups excluding carboxylic acids is 1. The predicted molar refractivity (Wildman–Crippen MR) is 79.1 cm³/mol. The van der Waals surface area contributed by atoms with Crippen molar-refractivity contribution >= 4 is 17.3 Å². The quantitative estimate of drug-likeness (QED) is 0.652. The van der Waals surface area contributed by atoms with E-state index in [9.17, 15) is 14.7 Å². The van der Waals surface area contributed by atoms with Crippen LogP contribution in [-0.4, -0.2) is 22.0 Å². The number of allylic oxidation sites excluding steroid dienone is 1. The van der Waals surface area contributed by atoms with Gasteiger partial charge < -0.3 is 10.2 Å². The van der Waals surface area contributed by atoms with E-state index in [4.69, 9.17) is 5.11 Å². The minimum atomic E-state index is -1.01. The third-order valence-electron chi connectivity index (χ3n) is 2.94. The summed E-state index contributed by atoms with van der Waals surface area (Å²) in [6.45, 7) is 0. The van der Waals surface area contributed by atoms with Gasteiger partial charge in [0, 0.05) is 11.1 Å². The molecule has 2 rings (SSSR count). The molecule has 4 nitrogen and oxygen atoms in total. The Morgan fingerprint density at radius 1 is 0.905 bits per heavy atom. The number of aromatic hydroxyl groups is 1. The van der Waals surface area contributed by atoms with Gasteiger partial charge in [-0.15, -0.1) is 0 Å². The molecule has 0 bridgehead atoms. The molecule has 0 heterocycles. The van der Waals surface area contributed by atoms with Crippen LogP contribution < -0.4 is 0 Å². The van der Waals surface area contributed by atoms with E-state index < -0.39 is 5.97 Å². The Bertz CT molecular complexity index is 670. The van der Waals surface area contributed by atoms with Crippen LogP contribution in [0.25, 0.3) is 5.57 Å². The lowest BCUT2D eigenvalue weighted by Gasteiger charge is -2.07. The molecule has 0 saturated carbocycles. The summed E-state index contributed by atoms with van der Waals surface area (Å²) in [4.78, 5) is 23.3. The van der Waals surface area contributed by atoms with Gasteiger partial charge in [0.15, 0.2) is 5.78 Å². The Kier molecular flexibility index (Phi) is 4.51. The van der Waals surface area contributed by atoms with Crippen molar-refractivity contribution in [2.75, 3.05) is 0 Å². The average Bonchev–Trinajstić information content (AvgIpc) is 2.49. The number of carbonyl (C=O) groups is 2. The molecule has 0 aromatic heterocycles. The molecule has 4 heteroatoms. The van der Waals surface area contributed by atoms with Gasteiger partial charge in [0.1, 0.15) is 5.75 Å². The third kappa shape index (κ3) is 3.79. The van der Waals surface area contributed by atoms with Gasteiger partial charge in [-0.25, -0.2) is 0 Å². The Labute approximate surface area is 122 Å². The summed E-state index contributed by atoms with van der Waals surface area (Å²) in [6.07, 6.45) is 1.15. The van der Waals surface area contributed by atoms with Crippen LogP contribution in [0.1, 0.15) is 22.3 Å². The van der Waals surface area contributed by atoms with Crippen molar-refractivity contribution in [3.8, 4) is 5.75 Å². The minimum Gasteiger partial charge on any atom is -0.508 e. The SMILES string of the molecule is O=C(O)C/C=C(/C(=O)c1ccccc1)c1ccc(O)cc1. The van der Waals surface area contributed by atoms with Gasteiger partial charge in [-0.05, 0) is 17.7 Å². The summed E-state index contributed by atoms with van der Waals surface area (Å²) in [5, 5.41) is 18.1. The maximum Gasteiger partial charge on any atom is 0.307 e. The molecule has 0 amide bonds. The number of phenols is 1. The highest BCUT2D eigenvalue weighted by Crippen LogP contribution is 2.22. The van der Waals surface area contributed by atoms with Gasteiger partial charge in [-0.3, -0.25) is 9.59 Å². The molecule has 0 radical (unpaired) electrons. The van der Waals surface area contributed by atoms with Gasteiger partial charge in [-0.1, -0.05) is 48.5 Å². The Morgan fingerprint density at radius 3 is 2.10 bits per heavy atom. The molecule has 106 valence electrons. The van der Waals surface area contributed by atoms with Crippen molar-refractivity contribution in [1.82, 2.24) is 0 Å². The zero-order valence-electron chi connectivity index (χ0n) is 11.2. The average molecular weight is 282 g/mol. The van der Waals surface area contributed by atoms with Gasteiger partial charge in [0.2, 0.25) is 0 Å². The van der Waals surface area contributed by atoms with Crippen LogP contribution in [-0.2, 0) is 4.79 Å². The molecular weight excluding hydrogens is 268 g/mol. The fraction of sp³-hybridized carbons (Fsp3) is 0.0588. The van der Waals surface area contributed by atoms with Crippen LogP contribution in [0.15, 0.2) is 60.7 Å². The van der Waals surface area contributed by atoms with E-state index in [0.717, 1.165) is 0 Å². The number of ketones is 1. The molecule has 0 aliphatic carbocycles. The van der Waals surface area contributed by atoms with Crippen molar-refractivity contribution in [1.29, 1.82) is 0 Å². The minimum absolute atomic E-state index is 0.0866. The molecule has 0 aliphatic rings. The van der Waals surface area contributed by atoms with Gasteiger partial charge in [0.25, 0.3) is 0 Å². The number of carboxylic acid groups (broad SMARTS) is 1. The van der Waals surface area contributed by atoms with E-state index >= 15 is 0 Å². The fourth-order valence-corrected chi connectivity index (χ4v) is 1.92. The second-order valence-corrected chi connectivity index (χ2v) is 4.46. The van der Waals surface area contributed by atoms with E-state index in [1.165, 1.54) is 18.2 Å². The largest absolute Gasteiger partial charge is 0.508 e.